The van der Waals surface area contributed by atoms with Gasteiger partial charge in [-0.05, 0) is 55.7 Å². The lowest BCUT2D eigenvalue weighted by molar-refractivity contribution is 0.143. The van der Waals surface area contributed by atoms with Gasteiger partial charge in [-0.15, -0.1) is 0 Å². The standard InChI is InChI=1S/C19H31FN2O2.C3H8/c1-4-23-11-5-10-21-22-19(14(2)3)16-8-9-17(20)18(12-16)24-13-15-6-7-15;1-3-2/h8-9,12,14-15,19,21-22H,4-7,10-11,13H2,1-3H3;3H2,1-2H3. The monoisotopic (exact) mass is 382 g/mol. The van der Waals surface area contributed by atoms with Crippen LogP contribution in [0.4, 0.5) is 4.39 Å². The van der Waals surface area contributed by atoms with Crippen molar-refractivity contribution in [3.8, 4) is 5.75 Å². The van der Waals surface area contributed by atoms with Gasteiger partial charge in [0.05, 0.1) is 6.61 Å². The highest BCUT2D eigenvalue weighted by Crippen LogP contribution is 2.31. The SMILES string of the molecule is CCC.CCOCCCNNC(c1ccc(F)c(OCC2CC2)c1)C(C)C. The molecule has 0 amide bonds. The Morgan fingerprint density at radius 1 is 1.19 bits per heavy atom. The first kappa shape index (κ1) is 23.9. The molecule has 0 bridgehead atoms. The van der Waals surface area contributed by atoms with Gasteiger partial charge in [0.25, 0.3) is 0 Å². The van der Waals surface area contributed by atoms with Gasteiger partial charge < -0.3 is 9.47 Å². The number of nitrogens with one attached hydrogen (secondary N) is 2. The van der Waals surface area contributed by atoms with E-state index in [4.69, 9.17) is 9.47 Å². The molecule has 2 rings (SSSR count). The highest BCUT2D eigenvalue weighted by Gasteiger charge is 2.23. The Morgan fingerprint density at radius 3 is 2.48 bits per heavy atom. The van der Waals surface area contributed by atoms with E-state index < -0.39 is 0 Å². The zero-order valence-electron chi connectivity index (χ0n) is 17.8. The molecular formula is C22H39FN2O2. The third-order valence-electron chi connectivity index (χ3n) is 4.20. The van der Waals surface area contributed by atoms with Gasteiger partial charge in [-0.1, -0.05) is 40.2 Å². The first-order valence-electron chi connectivity index (χ1n) is 10.5. The van der Waals surface area contributed by atoms with Crippen LogP contribution < -0.4 is 15.6 Å². The molecule has 1 aromatic rings. The minimum absolute atomic E-state index is 0.0981. The Bertz CT molecular complexity index is 507. The van der Waals surface area contributed by atoms with E-state index in [9.17, 15) is 4.39 Å². The van der Waals surface area contributed by atoms with Crippen molar-refractivity contribution in [1.82, 2.24) is 10.9 Å². The second-order valence-electron chi connectivity index (χ2n) is 7.49. The van der Waals surface area contributed by atoms with Crippen LogP contribution in [0.5, 0.6) is 5.75 Å². The van der Waals surface area contributed by atoms with Gasteiger partial charge >= 0.3 is 0 Å². The average molecular weight is 383 g/mol. The average Bonchev–Trinajstić information content (AvgIpc) is 3.45. The van der Waals surface area contributed by atoms with Crippen LogP contribution in [0.15, 0.2) is 18.2 Å². The van der Waals surface area contributed by atoms with Crippen LogP contribution in [0, 0.1) is 17.7 Å². The first-order valence-corrected chi connectivity index (χ1v) is 10.5. The summed E-state index contributed by atoms with van der Waals surface area (Å²) in [4.78, 5) is 0. The molecule has 1 aliphatic carbocycles. The highest BCUT2D eigenvalue weighted by atomic mass is 19.1. The summed E-state index contributed by atoms with van der Waals surface area (Å²) in [6.45, 7) is 13.5. The number of hydrogen-bond donors (Lipinski definition) is 2. The minimum Gasteiger partial charge on any atom is -0.490 e. The molecule has 1 aliphatic rings. The Balaban J connectivity index is 0.00000114. The quantitative estimate of drug-likeness (QED) is 0.383. The number of rotatable bonds is 12. The van der Waals surface area contributed by atoms with E-state index in [0.717, 1.165) is 31.7 Å². The van der Waals surface area contributed by atoms with Crippen molar-refractivity contribution in [3.05, 3.63) is 29.6 Å². The molecular weight excluding hydrogens is 343 g/mol. The Hall–Kier alpha value is -1.17. The Kier molecular flexibility index (Phi) is 12.3. The molecule has 5 heteroatoms. The molecule has 0 radical (unpaired) electrons. The van der Waals surface area contributed by atoms with Gasteiger partial charge in [0, 0.05) is 25.8 Å². The zero-order chi connectivity index (χ0) is 20.1. The van der Waals surface area contributed by atoms with Crippen molar-refractivity contribution >= 4 is 0 Å². The van der Waals surface area contributed by atoms with Gasteiger partial charge in [-0.3, -0.25) is 10.9 Å². The van der Waals surface area contributed by atoms with Gasteiger partial charge in [-0.2, -0.15) is 0 Å². The van der Waals surface area contributed by atoms with Crippen LogP contribution in [-0.4, -0.2) is 26.4 Å². The van der Waals surface area contributed by atoms with E-state index in [1.54, 1.807) is 0 Å². The second-order valence-corrected chi connectivity index (χ2v) is 7.49. The predicted octanol–water partition coefficient (Wildman–Crippen LogP) is 5.25. The summed E-state index contributed by atoms with van der Waals surface area (Å²) in [6, 6.07) is 5.26. The van der Waals surface area contributed by atoms with Crippen molar-refractivity contribution in [2.45, 2.75) is 66.3 Å². The number of benzene rings is 1. The first-order chi connectivity index (χ1) is 13.0. The van der Waals surface area contributed by atoms with Crippen molar-refractivity contribution in [3.63, 3.8) is 0 Å². The maximum Gasteiger partial charge on any atom is 0.165 e. The van der Waals surface area contributed by atoms with E-state index in [2.05, 4.69) is 38.5 Å². The van der Waals surface area contributed by atoms with Crippen LogP contribution in [0.2, 0.25) is 0 Å². The number of ether oxygens (including phenoxy) is 2. The largest absolute Gasteiger partial charge is 0.490 e. The fraction of sp³-hybridized carbons (Fsp3) is 0.727. The molecule has 2 N–H and O–H groups in total. The number of hydrogen-bond acceptors (Lipinski definition) is 4. The topological polar surface area (TPSA) is 42.5 Å². The Morgan fingerprint density at radius 2 is 1.89 bits per heavy atom. The van der Waals surface area contributed by atoms with Crippen LogP contribution in [0.3, 0.4) is 0 Å². The van der Waals surface area contributed by atoms with E-state index in [1.807, 2.05) is 19.1 Å². The molecule has 0 spiro atoms. The molecule has 1 atom stereocenters. The normalized spacial score (nSPS) is 14.6. The minimum atomic E-state index is -0.286. The number of halogens is 1. The molecule has 0 saturated heterocycles. The molecule has 1 aromatic carbocycles. The molecule has 1 fully saturated rings. The van der Waals surface area contributed by atoms with Crippen molar-refractivity contribution in [1.29, 1.82) is 0 Å². The maximum absolute atomic E-state index is 14.0. The summed E-state index contributed by atoms with van der Waals surface area (Å²) < 4.78 is 24.9. The summed E-state index contributed by atoms with van der Waals surface area (Å²) >= 11 is 0. The van der Waals surface area contributed by atoms with Gasteiger partial charge in [0.1, 0.15) is 0 Å². The molecule has 27 heavy (non-hydrogen) atoms. The third-order valence-corrected chi connectivity index (χ3v) is 4.20. The fourth-order valence-electron chi connectivity index (χ4n) is 2.54. The fourth-order valence-corrected chi connectivity index (χ4v) is 2.54. The van der Waals surface area contributed by atoms with Gasteiger partial charge in [-0.25, -0.2) is 4.39 Å². The molecule has 0 aliphatic heterocycles. The molecule has 0 heterocycles. The smallest absolute Gasteiger partial charge is 0.165 e. The summed E-state index contributed by atoms with van der Waals surface area (Å²) in [5.41, 5.74) is 7.64. The second kappa shape index (κ2) is 13.9. The van der Waals surface area contributed by atoms with Crippen LogP contribution >= 0.6 is 0 Å². The van der Waals surface area contributed by atoms with E-state index in [-0.39, 0.29) is 11.9 Å². The molecule has 1 unspecified atom stereocenters. The Labute approximate surface area is 165 Å². The lowest BCUT2D eigenvalue weighted by Gasteiger charge is -2.24. The van der Waals surface area contributed by atoms with Crippen LogP contribution in [0.1, 0.15) is 71.9 Å². The van der Waals surface area contributed by atoms with Crippen molar-refractivity contribution in [2.75, 3.05) is 26.4 Å². The predicted molar refractivity (Wildman–Crippen MR) is 110 cm³/mol. The summed E-state index contributed by atoms with van der Waals surface area (Å²) in [6.07, 6.45) is 4.59. The van der Waals surface area contributed by atoms with Gasteiger partial charge in [0.2, 0.25) is 0 Å². The van der Waals surface area contributed by atoms with Crippen molar-refractivity contribution in [2.24, 2.45) is 11.8 Å². The number of hydrazine groups is 1. The summed E-state index contributed by atoms with van der Waals surface area (Å²) in [5.74, 6) is 1.06. The maximum atomic E-state index is 14.0. The van der Waals surface area contributed by atoms with Crippen molar-refractivity contribution < 1.29 is 13.9 Å². The molecule has 4 nitrogen and oxygen atoms in total. The lowest BCUT2D eigenvalue weighted by Crippen LogP contribution is -2.38. The lowest BCUT2D eigenvalue weighted by atomic mass is 9.96. The van der Waals surface area contributed by atoms with Crippen LogP contribution in [-0.2, 0) is 4.74 Å². The molecule has 0 aromatic heterocycles. The molecule has 1 saturated carbocycles. The zero-order valence-corrected chi connectivity index (χ0v) is 17.8. The van der Waals surface area contributed by atoms with E-state index in [0.29, 0.717) is 24.2 Å². The van der Waals surface area contributed by atoms with E-state index in [1.165, 1.54) is 25.3 Å². The summed E-state index contributed by atoms with van der Waals surface area (Å²) in [5, 5.41) is 0. The van der Waals surface area contributed by atoms with E-state index >= 15 is 0 Å². The summed E-state index contributed by atoms with van der Waals surface area (Å²) in [7, 11) is 0. The molecule has 156 valence electrons. The van der Waals surface area contributed by atoms with Crippen LogP contribution in [0.25, 0.3) is 0 Å². The highest BCUT2D eigenvalue weighted by molar-refractivity contribution is 5.32. The van der Waals surface area contributed by atoms with Gasteiger partial charge in [0.15, 0.2) is 11.6 Å². The third kappa shape index (κ3) is 10.1.